The van der Waals surface area contributed by atoms with Crippen molar-refractivity contribution in [2.45, 2.75) is 51.7 Å². The highest BCUT2D eigenvalue weighted by Gasteiger charge is 2.20. The number of benzene rings is 1. The molecule has 2 heterocycles. The zero-order valence-electron chi connectivity index (χ0n) is 22.1. The van der Waals surface area contributed by atoms with E-state index in [1.165, 1.54) is 29.0 Å². The number of nitrogens with zero attached hydrogens (tertiary/aromatic N) is 4. The fraction of sp³-hybridized carbons (Fsp3) is 0.370. The molecule has 0 unspecified atom stereocenters. The predicted octanol–water partition coefficient (Wildman–Crippen LogP) is 3.66. The highest BCUT2D eigenvalue weighted by molar-refractivity contribution is 5.88. The number of carboxylic acid groups (broad SMARTS) is 1. The van der Waals surface area contributed by atoms with Crippen molar-refractivity contribution in [3.8, 4) is 11.3 Å². The van der Waals surface area contributed by atoms with Gasteiger partial charge >= 0.3 is 11.9 Å². The van der Waals surface area contributed by atoms with Crippen molar-refractivity contribution >= 4 is 29.8 Å². The summed E-state index contributed by atoms with van der Waals surface area (Å²) in [6.45, 7) is 5.76. The van der Waals surface area contributed by atoms with E-state index in [2.05, 4.69) is 20.4 Å². The normalized spacial score (nSPS) is 13.0. The first-order chi connectivity index (χ1) is 18.5. The maximum atomic E-state index is 13.7. The number of aromatic nitrogens is 4. The molecule has 0 amide bonds. The Morgan fingerprint density at radius 1 is 1.18 bits per heavy atom. The van der Waals surface area contributed by atoms with E-state index in [4.69, 9.17) is 9.84 Å². The number of carbonyl (C=O) groups is 2. The van der Waals surface area contributed by atoms with Gasteiger partial charge in [-0.3, -0.25) is 9.48 Å². The van der Waals surface area contributed by atoms with Gasteiger partial charge < -0.3 is 25.4 Å². The molecule has 12 heteroatoms. The lowest BCUT2D eigenvalue weighted by Crippen LogP contribution is -2.19. The van der Waals surface area contributed by atoms with Crippen molar-refractivity contribution in [1.82, 2.24) is 19.7 Å². The molecule has 0 fully saturated rings. The zero-order chi connectivity index (χ0) is 28.7. The quantitative estimate of drug-likeness (QED) is 0.249. The molecule has 2 atom stereocenters. The fourth-order valence-electron chi connectivity index (χ4n) is 3.83. The van der Waals surface area contributed by atoms with E-state index >= 15 is 0 Å². The van der Waals surface area contributed by atoms with Crippen LogP contribution in [-0.4, -0.2) is 65.8 Å². The van der Waals surface area contributed by atoms with E-state index in [-0.39, 0.29) is 30.6 Å². The van der Waals surface area contributed by atoms with Crippen molar-refractivity contribution in [2.75, 3.05) is 11.9 Å². The summed E-state index contributed by atoms with van der Waals surface area (Å²) in [7, 11) is 1.65. The van der Waals surface area contributed by atoms with Crippen molar-refractivity contribution in [1.29, 1.82) is 0 Å². The lowest BCUT2D eigenvalue weighted by molar-refractivity contribution is -0.139. The molecule has 0 radical (unpaired) electrons. The molecule has 4 N–H and O–H groups in total. The molecule has 208 valence electrons. The number of halogens is 1. The minimum Gasteiger partial charge on any atom is -0.481 e. The molecule has 0 saturated heterocycles. The van der Waals surface area contributed by atoms with Crippen molar-refractivity contribution in [2.24, 2.45) is 7.05 Å². The Labute approximate surface area is 225 Å². The summed E-state index contributed by atoms with van der Waals surface area (Å²) in [5, 5.41) is 36.4. The molecular formula is C27H32FN5O6. The average molecular weight is 542 g/mol. The first-order valence-corrected chi connectivity index (χ1v) is 12.4. The fourth-order valence-corrected chi connectivity index (χ4v) is 3.83. The third-order valence-corrected chi connectivity index (χ3v) is 5.65. The van der Waals surface area contributed by atoms with E-state index in [1.807, 2.05) is 13.8 Å². The Morgan fingerprint density at radius 3 is 2.49 bits per heavy atom. The summed E-state index contributed by atoms with van der Waals surface area (Å²) < 4.78 is 20.2. The zero-order valence-corrected chi connectivity index (χ0v) is 22.1. The van der Waals surface area contributed by atoms with Crippen molar-refractivity contribution in [3.63, 3.8) is 0 Å². The highest BCUT2D eigenvalue weighted by Crippen LogP contribution is 2.31. The maximum absolute atomic E-state index is 13.7. The largest absolute Gasteiger partial charge is 0.481 e. The molecule has 39 heavy (non-hydrogen) atoms. The van der Waals surface area contributed by atoms with Crippen LogP contribution in [0.15, 0.2) is 36.4 Å². The van der Waals surface area contributed by atoms with Gasteiger partial charge in [0, 0.05) is 30.7 Å². The number of aryl methyl sites for hydroxylation is 1. The molecular weight excluding hydrogens is 509 g/mol. The summed E-state index contributed by atoms with van der Waals surface area (Å²) in [4.78, 5) is 32.3. The van der Waals surface area contributed by atoms with Crippen LogP contribution in [0.5, 0.6) is 0 Å². The minimum atomic E-state index is -1.22. The molecule has 2 aromatic heterocycles. The van der Waals surface area contributed by atoms with Crippen LogP contribution in [-0.2, 0) is 16.6 Å². The predicted molar refractivity (Wildman–Crippen MR) is 142 cm³/mol. The summed E-state index contributed by atoms with van der Waals surface area (Å²) in [5.41, 5.74) is 2.31. The highest BCUT2D eigenvalue weighted by atomic mass is 19.1. The van der Waals surface area contributed by atoms with Crippen LogP contribution in [0.2, 0.25) is 0 Å². The van der Waals surface area contributed by atoms with E-state index in [0.29, 0.717) is 28.3 Å². The summed E-state index contributed by atoms with van der Waals surface area (Å²) in [6, 6.07) is 7.26. The van der Waals surface area contributed by atoms with Crippen LogP contribution < -0.4 is 5.32 Å². The van der Waals surface area contributed by atoms with E-state index in [0.717, 1.165) is 0 Å². The van der Waals surface area contributed by atoms with Crippen LogP contribution in [0.25, 0.3) is 17.3 Å². The molecule has 11 nitrogen and oxygen atoms in total. The Hall–Kier alpha value is -4.16. The number of nitrogens with one attached hydrogen (secondary N) is 1. The first-order valence-electron chi connectivity index (χ1n) is 12.4. The van der Waals surface area contributed by atoms with Crippen LogP contribution in [0, 0.1) is 5.82 Å². The molecule has 0 spiro atoms. The number of carbonyl (C=O) groups excluding carboxylic acids is 1. The van der Waals surface area contributed by atoms with Gasteiger partial charge in [-0.1, -0.05) is 26.0 Å². The van der Waals surface area contributed by atoms with Gasteiger partial charge in [-0.25, -0.2) is 19.2 Å². The summed E-state index contributed by atoms with van der Waals surface area (Å²) in [5.74, 6) is -1.63. The first kappa shape index (κ1) is 29.4. The van der Waals surface area contributed by atoms with E-state index in [9.17, 15) is 24.2 Å². The van der Waals surface area contributed by atoms with Crippen molar-refractivity contribution < 1.29 is 34.0 Å². The second kappa shape index (κ2) is 13.1. The monoisotopic (exact) mass is 541 g/mol. The lowest BCUT2D eigenvalue weighted by atomic mass is 9.97. The molecule has 0 aliphatic carbocycles. The summed E-state index contributed by atoms with van der Waals surface area (Å²) in [6.07, 6.45) is 0.0355. The van der Waals surface area contributed by atoms with Gasteiger partial charge in [0.25, 0.3) is 0 Å². The lowest BCUT2D eigenvalue weighted by Gasteiger charge is -2.17. The number of ether oxygens (including phenoxy) is 1. The number of aliphatic hydroxyl groups is 2. The number of aliphatic carboxylic acids is 1. The standard InChI is InChI=1S/C27H32FN5O6/c1-5-39-26(38)21-14-22(33(4)32-21)29-27-30-24(15(2)3)20(11-10-18(34)12-19(35)13-23(36)37)25(31-27)16-6-8-17(28)9-7-16/h6-11,14-15,18-19,34-35H,5,12-13H2,1-4H3,(H,36,37)(H,29,30,31)/t18-,19-/m1/s1. The van der Waals surface area contributed by atoms with Crippen LogP contribution in [0.1, 0.15) is 61.3 Å². The second-order valence-corrected chi connectivity index (χ2v) is 9.15. The molecule has 0 saturated carbocycles. The van der Waals surface area contributed by atoms with Gasteiger partial charge in [-0.2, -0.15) is 5.10 Å². The second-order valence-electron chi connectivity index (χ2n) is 9.15. The topological polar surface area (TPSA) is 160 Å². The number of anilines is 2. The van der Waals surface area contributed by atoms with Gasteiger partial charge in [-0.15, -0.1) is 0 Å². The Kier molecular flexibility index (Phi) is 9.85. The van der Waals surface area contributed by atoms with E-state index in [1.54, 1.807) is 32.2 Å². The van der Waals surface area contributed by atoms with Crippen LogP contribution in [0.3, 0.4) is 0 Å². The van der Waals surface area contributed by atoms with Gasteiger partial charge in [-0.05, 0) is 37.1 Å². The maximum Gasteiger partial charge on any atom is 0.358 e. The number of hydrogen-bond donors (Lipinski definition) is 4. The van der Waals surface area contributed by atoms with Gasteiger partial charge in [0.1, 0.15) is 11.6 Å². The van der Waals surface area contributed by atoms with Crippen LogP contribution in [0.4, 0.5) is 16.2 Å². The van der Waals surface area contributed by atoms with Gasteiger partial charge in [0.15, 0.2) is 5.69 Å². The van der Waals surface area contributed by atoms with Gasteiger partial charge in [0.05, 0.1) is 36.6 Å². The Bertz CT molecular complexity index is 1340. The Balaban J connectivity index is 2.04. The minimum absolute atomic E-state index is 0.108. The van der Waals surface area contributed by atoms with Crippen LogP contribution >= 0.6 is 0 Å². The van der Waals surface area contributed by atoms with E-state index < -0.39 is 36.4 Å². The third-order valence-electron chi connectivity index (χ3n) is 5.65. The number of rotatable bonds is 12. The molecule has 0 bridgehead atoms. The van der Waals surface area contributed by atoms with Gasteiger partial charge in [0.2, 0.25) is 5.95 Å². The molecule has 0 aliphatic rings. The smallest absolute Gasteiger partial charge is 0.358 e. The number of hydrogen-bond acceptors (Lipinski definition) is 9. The average Bonchev–Trinajstić information content (AvgIpc) is 3.22. The molecule has 3 rings (SSSR count). The Morgan fingerprint density at radius 2 is 1.87 bits per heavy atom. The SMILES string of the molecule is CCOC(=O)c1cc(Nc2nc(-c3ccc(F)cc3)c(C=C[C@@H](O)C[C@@H](O)CC(=O)O)c(C(C)C)n2)n(C)n1. The molecule has 0 aliphatic heterocycles. The molecule has 1 aromatic carbocycles. The summed E-state index contributed by atoms with van der Waals surface area (Å²) >= 11 is 0. The van der Waals surface area contributed by atoms with Crippen molar-refractivity contribution in [3.05, 3.63) is 59.2 Å². The number of aliphatic hydroxyl groups excluding tert-OH is 2. The third kappa shape index (κ3) is 7.91. The number of carboxylic acids is 1. The molecule has 3 aromatic rings. The number of esters is 1.